The highest BCUT2D eigenvalue weighted by Gasteiger charge is 2.31. The second-order valence-corrected chi connectivity index (χ2v) is 3.88. The SMILES string of the molecule is NC(=O)C1CCCN1C(=O)CCBr. The smallest absolute Gasteiger partial charge is 0.240 e. The molecule has 1 unspecified atom stereocenters. The number of halogens is 1. The zero-order chi connectivity index (χ0) is 9.84. The van der Waals surface area contributed by atoms with Gasteiger partial charge in [-0.05, 0) is 12.8 Å². The van der Waals surface area contributed by atoms with E-state index in [4.69, 9.17) is 5.73 Å². The molecule has 5 heteroatoms. The molecule has 2 N–H and O–H groups in total. The summed E-state index contributed by atoms with van der Waals surface area (Å²) in [7, 11) is 0. The van der Waals surface area contributed by atoms with Crippen molar-refractivity contribution in [2.24, 2.45) is 5.73 Å². The Labute approximate surface area is 85.6 Å². The van der Waals surface area contributed by atoms with Gasteiger partial charge < -0.3 is 10.6 Å². The molecule has 13 heavy (non-hydrogen) atoms. The lowest BCUT2D eigenvalue weighted by Crippen LogP contribution is -2.43. The van der Waals surface area contributed by atoms with E-state index in [0.717, 1.165) is 6.42 Å². The van der Waals surface area contributed by atoms with Crippen LogP contribution in [0.1, 0.15) is 19.3 Å². The lowest BCUT2D eigenvalue weighted by Gasteiger charge is -2.21. The molecule has 1 fully saturated rings. The molecule has 0 aromatic carbocycles. The van der Waals surface area contributed by atoms with Gasteiger partial charge in [0.1, 0.15) is 6.04 Å². The third-order valence-corrected chi connectivity index (χ3v) is 2.61. The summed E-state index contributed by atoms with van der Waals surface area (Å²) in [5.74, 6) is -0.376. The third kappa shape index (κ3) is 2.43. The maximum Gasteiger partial charge on any atom is 0.240 e. The van der Waals surface area contributed by atoms with Crippen LogP contribution >= 0.6 is 15.9 Å². The number of carbonyl (C=O) groups excluding carboxylic acids is 2. The summed E-state index contributed by atoms with van der Waals surface area (Å²) in [6.45, 7) is 0.666. The monoisotopic (exact) mass is 248 g/mol. The maximum absolute atomic E-state index is 11.4. The number of carbonyl (C=O) groups is 2. The van der Waals surface area contributed by atoms with Gasteiger partial charge in [0.15, 0.2) is 0 Å². The minimum absolute atomic E-state index is 0.0122. The van der Waals surface area contributed by atoms with Gasteiger partial charge in [-0.1, -0.05) is 15.9 Å². The Hall–Kier alpha value is -0.580. The van der Waals surface area contributed by atoms with E-state index in [9.17, 15) is 9.59 Å². The normalized spacial score (nSPS) is 21.9. The fraction of sp³-hybridized carbons (Fsp3) is 0.750. The number of nitrogens with two attached hydrogens (primary N) is 1. The fourth-order valence-corrected chi connectivity index (χ4v) is 1.92. The van der Waals surface area contributed by atoms with E-state index >= 15 is 0 Å². The lowest BCUT2D eigenvalue weighted by atomic mass is 10.2. The van der Waals surface area contributed by atoms with E-state index < -0.39 is 0 Å². The van der Waals surface area contributed by atoms with Crippen molar-refractivity contribution in [3.05, 3.63) is 0 Å². The van der Waals surface area contributed by atoms with Gasteiger partial charge in [0, 0.05) is 18.3 Å². The van der Waals surface area contributed by atoms with E-state index in [1.807, 2.05) is 0 Å². The van der Waals surface area contributed by atoms with Crippen LogP contribution in [-0.2, 0) is 9.59 Å². The van der Waals surface area contributed by atoms with Gasteiger partial charge in [-0.2, -0.15) is 0 Å². The highest BCUT2D eigenvalue weighted by molar-refractivity contribution is 9.09. The summed E-state index contributed by atoms with van der Waals surface area (Å²) in [6, 6.07) is -0.369. The van der Waals surface area contributed by atoms with Crippen LogP contribution < -0.4 is 5.73 Å². The molecule has 0 aliphatic carbocycles. The first-order valence-corrected chi connectivity index (χ1v) is 5.43. The van der Waals surface area contributed by atoms with Crippen LogP contribution in [0.3, 0.4) is 0 Å². The predicted octanol–water partition coefficient (Wildman–Crippen LogP) is 0.248. The molecule has 74 valence electrons. The molecule has 1 rings (SSSR count). The van der Waals surface area contributed by atoms with Crippen LogP contribution in [0, 0.1) is 0 Å². The van der Waals surface area contributed by atoms with Crippen LogP contribution in [-0.4, -0.2) is 34.6 Å². The van der Waals surface area contributed by atoms with Crippen molar-refractivity contribution in [3.63, 3.8) is 0 Å². The van der Waals surface area contributed by atoms with Crippen molar-refractivity contribution < 1.29 is 9.59 Å². The first-order chi connectivity index (χ1) is 6.16. The molecule has 2 amide bonds. The van der Waals surface area contributed by atoms with Crippen molar-refractivity contribution >= 4 is 27.7 Å². The van der Waals surface area contributed by atoms with E-state index in [2.05, 4.69) is 15.9 Å². The predicted molar refractivity (Wildman–Crippen MR) is 52.3 cm³/mol. The van der Waals surface area contributed by atoms with Gasteiger partial charge in [0.05, 0.1) is 0 Å². The highest BCUT2D eigenvalue weighted by atomic mass is 79.9. The Kier molecular flexibility index (Phi) is 3.71. The van der Waals surface area contributed by atoms with Crippen LogP contribution in [0.25, 0.3) is 0 Å². The maximum atomic E-state index is 11.4. The zero-order valence-corrected chi connectivity index (χ0v) is 8.92. The van der Waals surface area contributed by atoms with Gasteiger partial charge in [0.25, 0.3) is 0 Å². The Morgan fingerprint density at radius 3 is 2.77 bits per heavy atom. The number of hydrogen-bond acceptors (Lipinski definition) is 2. The number of likely N-dealkylation sites (tertiary alicyclic amines) is 1. The lowest BCUT2D eigenvalue weighted by molar-refractivity contribution is -0.136. The van der Waals surface area contributed by atoms with Crippen LogP contribution in [0.4, 0.5) is 0 Å². The summed E-state index contributed by atoms with van der Waals surface area (Å²) in [4.78, 5) is 24.0. The number of alkyl halides is 1. The summed E-state index contributed by atoms with van der Waals surface area (Å²) in [5, 5.41) is 0.633. The fourth-order valence-electron chi connectivity index (χ4n) is 1.59. The van der Waals surface area contributed by atoms with Crippen LogP contribution in [0.2, 0.25) is 0 Å². The molecule has 1 heterocycles. The van der Waals surface area contributed by atoms with Gasteiger partial charge >= 0.3 is 0 Å². The molecule has 0 radical (unpaired) electrons. The molecule has 0 aromatic rings. The molecule has 1 aliphatic rings. The van der Waals surface area contributed by atoms with Crippen molar-refractivity contribution in [2.75, 3.05) is 11.9 Å². The minimum Gasteiger partial charge on any atom is -0.368 e. The van der Waals surface area contributed by atoms with E-state index in [1.54, 1.807) is 4.90 Å². The number of amides is 2. The number of primary amides is 1. The molecule has 0 spiro atoms. The molecule has 1 saturated heterocycles. The number of rotatable bonds is 3. The molecule has 1 atom stereocenters. The molecule has 4 nitrogen and oxygen atoms in total. The summed E-state index contributed by atoms with van der Waals surface area (Å²) in [5.41, 5.74) is 5.18. The van der Waals surface area contributed by atoms with Crippen molar-refractivity contribution in [1.82, 2.24) is 4.90 Å². The number of nitrogens with zero attached hydrogens (tertiary/aromatic N) is 1. The van der Waals surface area contributed by atoms with Crippen molar-refractivity contribution in [3.8, 4) is 0 Å². The van der Waals surface area contributed by atoms with Crippen molar-refractivity contribution in [1.29, 1.82) is 0 Å². The van der Waals surface area contributed by atoms with E-state index in [1.165, 1.54) is 0 Å². The largest absolute Gasteiger partial charge is 0.368 e. The van der Waals surface area contributed by atoms with Crippen LogP contribution in [0.15, 0.2) is 0 Å². The van der Waals surface area contributed by atoms with E-state index in [0.29, 0.717) is 24.7 Å². The molecule has 1 aliphatic heterocycles. The topological polar surface area (TPSA) is 63.4 Å². The second-order valence-electron chi connectivity index (χ2n) is 3.09. The number of hydrogen-bond donors (Lipinski definition) is 1. The molecule has 0 aromatic heterocycles. The molecular weight excluding hydrogens is 236 g/mol. The Balaban J connectivity index is 2.57. The third-order valence-electron chi connectivity index (χ3n) is 2.21. The molecule has 0 bridgehead atoms. The van der Waals surface area contributed by atoms with Gasteiger partial charge in [-0.15, -0.1) is 0 Å². The first-order valence-electron chi connectivity index (χ1n) is 4.31. The summed E-state index contributed by atoms with van der Waals surface area (Å²) >= 11 is 3.19. The van der Waals surface area contributed by atoms with Gasteiger partial charge in [-0.3, -0.25) is 9.59 Å². The average molecular weight is 249 g/mol. The van der Waals surface area contributed by atoms with Crippen LogP contribution in [0.5, 0.6) is 0 Å². The van der Waals surface area contributed by atoms with E-state index in [-0.39, 0.29) is 17.9 Å². The summed E-state index contributed by atoms with van der Waals surface area (Å²) < 4.78 is 0. The highest BCUT2D eigenvalue weighted by Crippen LogP contribution is 2.17. The quantitative estimate of drug-likeness (QED) is 0.728. The minimum atomic E-state index is -0.388. The first kappa shape index (κ1) is 10.5. The molecule has 0 saturated carbocycles. The Bertz CT molecular complexity index is 220. The Morgan fingerprint density at radius 1 is 1.54 bits per heavy atom. The standard InChI is InChI=1S/C8H13BrN2O2/c9-4-3-7(12)11-5-1-2-6(11)8(10)13/h6H,1-5H2,(H2,10,13). The zero-order valence-electron chi connectivity index (χ0n) is 7.33. The van der Waals surface area contributed by atoms with Crippen molar-refractivity contribution in [2.45, 2.75) is 25.3 Å². The molecular formula is C8H13BrN2O2. The van der Waals surface area contributed by atoms with Gasteiger partial charge in [-0.25, -0.2) is 0 Å². The second kappa shape index (κ2) is 4.60. The van der Waals surface area contributed by atoms with Gasteiger partial charge in [0.2, 0.25) is 11.8 Å². The summed E-state index contributed by atoms with van der Waals surface area (Å²) in [6.07, 6.45) is 2.02. The average Bonchev–Trinajstić information content (AvgIpc) is 2.52. The Morgan fingerprint density at radius 2 is 2.23 bits per heavy atom.